The van der Waals surface area contributed by atoms with Crippen molar-refractivity contribution in [3.8, 4) is 0 Å². The first kappa shape index (κ1) is 17.8. The smallest absolute Gasteiger partial charge is 0.0890 e. The fourth-order valence-electron chi connectivity index (χ4n) is 4.47. The number of hydrogen-bond donors (Lipinski definition) is 1. The highest BCUT2D eigenvalue weighted by molar-refractivity contribution is 5.74. The van der Waals surface area contributed by atoms with E-state index >= 15 is 0 Å². The first-order valence-electron chi connectivity index (χ1n) is 10.1. The second-order valence-electron chi connectivity index (χ2n) is 7.85. The molecule has 0 amide bonds. The van der Waals surface area contributed by atoms with Crippen LogP contribution in [0.25, 0.3) is 11.0 Å². The molecule has 0 aliphatic carbocycles. The number of likely N-dealkylation sites (tertiary alicyclic amines) is 2. The molecule has 140 valence electrons. The number of aryl methyl sites for hydroxylation is 1. The van der Waals surface area contributed by atoms with Crippen LogP contribution in [0.1, 0.15) is 43.5 Å². The van der Waals surface area contributed by atoms with Gasteiger partial charge in [-0.15, -0.1) is 0 Å². The van der Waals surface area contributed by atoms with E-state index in [2.05, 4.69) is 9.80 Å². The number of rotatable bonds is 3. The number of benzene rings is 1. The van der Waals surface area contributed by atoms with Crippen LogP contribution in [0.5, 0.6) is 0 Å². The number of piperidine rings is 1. The van der Waals surface area contributed by atoms with Crippen molar-refractivity contribution in [3.05, 3.63) is 35.7 Å². The minimum atomic E-state index is -0.268. The van der Waals surface area contributed by atoms with Gasteiger partial charge in [0.1, 0.15) is 0 Å². The number of para-hydroxylation sites is 2. The Balaban J connectivity index is 1.42. The molecule has 0 spiro atoms. The Labute approximate surface area is 156 Å². The summed E-state index contributed by atoms with van der Waals surface area (Å²) in [4.78, 5) is 14.4. The van der Waals surface area contributed by atoms with E-state index in [0.29, 0.717) is 6.04 Å². The molecular formula is C21H30N4O. The maximum absolute atomic E-state index is 10.8. The Kier molecular flexibility index (Phi) is 5.48. The Bertz CT molecular complexity index is 742. The first-order chi connectivity index (χ1) is 12.7. The molecular weight excluding hydrogens is 324 g/mol. The SMILES string of the molecule is Cc1nc2ccccc2nc1CN1CC[C@@H](N2CCCCCC2)[C@H](O)C1. The molecule has 5 heteroatoms. The van der Waals surface area contributed by atoms with Crippen LogP contribution in [-0.4, -0.2) is 63.2 Å². The van der Waals surface area contributed by atoms with Gasteiger partial charge in [-0.05, 0) is 51.4 Å². The van der Waals surface area contributed by atoms with Crippen LogP contribution in [0.3, 0.4) is 0 Å². The van der Waals surface area contributed by atoms with Gasteiger partial charge in [-0.1, -0.05) is 25.0 Å². The lowest BCUT2D eigenvalue weighted by Gasteiger charge is -2.41. The van der Waals surface area contributed by atoms with Gasteiger partial charge in [0.25, 0.3) is 0 Å². The number of aromatic nitrogens is 2. The summed E-state index contributed by atoms with van der Waals surface area (Å²) < 4.78 is 0. The summed E-state index contributed by atoms with van der Waals surface area (Å²) in [5, 5.41) is 10.8. The molecule has 4 rings (SSSR count). The summed E-state index contributed by atoms with van der Waals surface area (Å²) >= 11 is 0. The van der Waals surface area contributed by atoms with Gasteiger partial charge < -0.3 is 5.11 Å². The molecule has 2 fully saturated rings. The monoisotopic (exact) mass is 354 g/mol. The Morgan fingerprint density at radius 1 is 1.00 bits per heavy atom. The lowest BCUT2D eigenvalue weighted by molar-refractivity contribution is -0.0147. The topological polar surface area (TPSA) is 52.5 Å². The maximum Gasteiger partial charge on any atom is 0.0890 e. The number of aliphatic hydroxyl groups is 1. The van der Waals surface area contributed by atoms with Crippen molar-refractivity contribution < 1.29 is 5.11 Å². The molecule has 1 aromatic heterocycles. The minimum Gasteiger partial charge on any atom is -0.390 e. The number of β-amino-alcohol motifs (C(OH)–C–C–N with tert-alkyl or cyclic N) is 1. The van der Waals surface area contributed by atoms with Crippen LogP contribution < -0.4 is 0 Å². The summed E-state index contributed by atoms with van der Waals surface area (Å²) in [6.07, 6.45) is 6.01. The fourth-order valence-corrected chi connectivity index (χ4v) is 4.47. The molecule has 0 bridgehead atoms. The van der Waals surface area contributed by atoms with Crippen molar-refractivity contribution in [1.29, 1.82) is 0 Å². The normalized spacial score (nSPS) is 26.1. The third-order valence-corrected chi connectivity index (χ3v) is 5.96. The Morgan fingerprint density at radius 2 is 1.69 bits per heavy atom. The van der Waals surface area contributed by atoms with Crippen molar-refractivity contribution in [2.75, 3.05) is 26.2 Å². The fraction of sp³-hybridized carbons (Fsp3) is 0.619. The molecule has 1 N–H and O–H groups in total. The van der Waals surface area contributed by atoms with Crippen LogP contribution in [0.15, 0.2) is 24.3 Å². The zero-order valence-corrected chi connectivity index (χ0v) is 15.8. The van der Waals surface area contributed by atoms with Gasteiger partial charge in [0, 0.05) is 25.7 Å². The molecule has 2 atom stereocenters. The quantitative estimate of drug-likeness (QED) is 0.918. The van der Waals surface area contributed by atoms with Crippen LogP contribution in [0, 0.1) is 6.92 Å². The van der Waals surface area contributed by atoms with Gasteiger partial charge in [-0.25, -0.2) is 9.97 Å². The highest BCUT2D eigenvalue weighted by Crippen LogP contribution is 2.23. The Morgan fingerprint density at radius 3 is 2.38 bits per heavy atom. The molecule has 2 aromatic rings. The van der Waals surface area contributed by atoms with Crippen LogP contribution in [-0.2, 0) is 6.54 Å². The molecule has 3 heterocycles. The summed E-state index contributed by atoms with van der Waals surface area (Å²) in [5.41, 5.74) is 3.93. The van der Waals surface area contributed by atoms with E-state index in [1.54, 1.807) is 0 Å². The van der Waals surface area contributed by atoms with Gasteiger partial charge in [-0.3, -0.25) is 9.80 Å². The molecule has 0 saturated carbocycles. The zero-order chi connectivity index (χ0) is 17.9. The van der Waals surface area contributed by atoms with E-state index in [1.165, 1.54) is 25.7 Å². The molecule has 0 radical (unpaired) electrons. The van der Waals surface area contributed by atoms with Gasteiger partial charge in [-0.2, -0.15) is 0 Å². The molecule has 26 heavy (non-hydrogen) atoms. The average molecular weight is 354 g/mol. The van der Waals surface area contributed by atoms with Crippen LogP contribution in [0.2, 0.25) is 0 Å². The number of hydrogen-bond acceptors (Lipinski definition) is 5. The second kappa shape index (κ2) is 7.99. The first-order valence-corrected chi connectivity index (χ1v) is 10.1. The number of aliphatic hydroxyl groups excluding tert-OH is 1. The van der Waals surface area contributed by atoms with Gasteiger partial charge in [0.2, 0.25) is 0 Å². The zero-order valence-electron chi connectivity index (χ0n) is 15.8. The van der Waals surface area contributed by atoms with Crippen molar-refractivity contribution in [2.24, 2.45) is 0 Å². The van der Waals surface area contributed by atoms with E-state index in [0.717, 1.165) is 61.6 Å². The molecule has 2 aliphatic heterocycles. The third-order valence-electron chi connectivity index (χ3n) is 5.96. The standard InChI is InChI=1S/C21H30N4O/c1-16-19(23-18-9-5-4-8-17(18)22-16)14-24-13-10-20(21(26)15-24)25-11-6-2-3-7-12-25/h4-5,8-9,20-21,26H,2-3,6-7,10-15H2,1H3/t20-,21-/m1/s1. The van der Waals surface area contributed by atoms with Crippen molar-refractivity contribution in [1.82, 2.24) is 19.8 Å². The van der Waals surface area contributed by atoms with E-state index in [1.807, 2.05) is 31.2 Å². The highest BCUT2D eigenvalue weighted by Gasteiger charge is 2.32. The van der Waals surface area contributed by atoms with Gasteiger partial charge >= 0.3 is 0 Å². The minimum absolute atomic E-state index is 0.268. The lowest BCUT2D eigenvalue weighted by Crippen LogP contribution is -2.54. The molecule has 2 saturated heterocycles. The summed E-state index contributed by atoms with van der Waals surface area (Å²) in [6, 6.07) is 8.36. The van der Waals surface area contributed by atoms with Gasteiger partial charge in [0.15, 0.2) is 0 Å². The predicted molar refractivity (Wildman–Crippen MR) is 104 cm³/mol. The van der Waals surface area contributed by atoms with Gasteiger partial charge in [0.05, 0.1) is 28.5 Å². The van der Waals surface area contributed by atoms with E-state index < -0.39 is 0 Å². The molecule has 5 nitrogen and oxygen atoms in total. The molecule has 1 aromatic carbocycles. The summed E-state index contributed by atoms with van der Waals surface area (Å²) in [5.74, 6) is 0. The third kappa shape index (κ3) is 3.90. The van der Waals surface area contributed by atoms with Crippen LogP contribution in [0.4, 0.5) is 0 Å². The van der Waals surface area contributed by atoms with Crippen molar-refractivity contribution >= 4 is 11.0 Å². The second-order valence-corrected chi connectivity index (χ2v) is 7.85. The predicted octanol–water partition coefficient (Wildman–Crippen LogP) is 2.75. The van der Waals surface area contributed by atoms with Crippen LogP contribution >= 0.6 is 0 Å². The summed E-state index contributed by atoms with van der Waals surface area (Å²) in [6.45, 7) is 6.86. The van der Waals surface area contributed by atoms with E-state index in [-0.39, 0.29) is 6.10 Å². The summed E-state index contributed by atoms with van der Waals surface area (Å²) in [7, 11) is 0. The van der Waals surface area contributed by atoms with E-state index in [9.17, 15) is 5.11 Å². The highest BCUT2D eigenvalue weighted by atomic mass is 16.3. The molecule has 0 unspecified atom stereocenters. The van der Waals surface area contributed by atoms with E-state index in [4.69, 9.17) is 9.97 Å². The lowest BCUT2D eigenvalue weighted by atomic mass is 9.99. The maximum atomic E-state index is 10.8. The largest absolute Gasteiger partial charge is 0.390 e. The van der Waals surface area contributed by atoms with Crippen molar-refractivity contribution in [2.45, 2.75) is 57.7 Å². The Hall–Kier alpha value is -1.56. The van der Waals surface area contributed by atoms with Crippen molar-refractivity contribution in [3.63, 3.8) is 0 Å². The number of nitrogens with zero attached hydrogens (tertiary/aromatic N) is 4. The number of fused-ring (bicyclic) bond motifs is 1. The average Bonchev–Trinajstić information content (AvgIpc) is 2.92. The molecule has 2 aliphatic rings.